The number of carboxylic acid groups (broad SMARTS) is 1. The van der Waals surface area contributed by atoms with E-state index in [0.717, 1.165) is 11.6 Å². The molecule has 0 spiro atoms. The lowest BCUT2D eigenvalue weighted by atomic mass is 10.2. The predicted molar refractivity (Wildman–Crippen MR) is 59.7 cm³/mol. The maximum absolute atomic E-state index is 11.4. The van der Waals surface area contributed by atoms with Crippen molar-refractivity contribution in [2.24, 2.45) is 0 Å². The minimum atomic E-state index is -1.12. The van der Waals surface area contributed by atoms with E-state index in [1.807, 2.05) is 30.3 Å². The van der Waals surface area contributed by atoms with Gasteiger partial charge in [-0.3, -0.25) is 4.79 Å². The Hall–Kier alpha value is -2.10. The molecule has 1 rings (SSSR count). The van der Waals surface area contributed by atoms with Crippen LogP contribution in [0, 0.1) is 0 Å². The van der Waals surface area contributed by atoms with Crippen molar-refractivity contribution in [3.05, 3.63) is 47.5 Å². The van der Waals surface area contributed by atoms with Gasteiger partial charge in [0.2, 0.25) is 5.91 Å². The SMILES string of the molecule is C/C(=C/C(=O)O)C(=O)NCc1ccccc1. The largest absolute Gasteiger partial charge is 0.478 e. The first kappa shape index (κ1) is 12.0. The summed E-state index contributed by atoms with van der Waals surface area (Å²) in [6, 6.07) is 9.41. The summed E-state index contributed by atoms with van der Waals surface area (Å²) in [5.41, 5.74) is 1.16. The Labute approximate surface area is 93.6 Å². The molecule has 0 atom stereocenters. The predicted octanol–water partition coefficient (Wildman–Crippen LogP) is 1.33. The Kier molecular flexibility index (Phi) is 4.27. The second-order valence-electron chi connectivity index (χ2n) is 3.33. The molecular formula is C12H13NO3. The van der Waals surface area contributed by atoms with Gasteiger partial charge >= 0.3 is 5.97 Å². The van der Waals surface area contributed by atoms with Crippen molar-refractivity contribution in [1.82, 2.24) is 5.32 Å². The fourth-order valence-electron chi connectivity index (χ4n) is 1.17. The van der Waals surface area contributed by atoms with Gasteiger partial charge in [0.15, 0.2) is 0 Å². The highest BCUT2D eigenvalue weighted by molar-refractivity contribution is 5.98. The highest BCUT2D eigenvalue weighted by Crippen LogP contribution is 1.99. The molecule has 1 amide bonds. The van der Waals surface area contributed by atoms with E-state index in [1.165, 1.54) is 6.92 Å². The molecule has 0 aliphatic heterocycles. The van der Waals surface area contributed by atoms with Crippen LogP contribution >= 0.6 is 0 Å². The molecule has 4 heteroatoms. The van der Waals surface area contributed by atoms with Gasteiger partial charge in [-0.25, -0.2) is 4.79 Å². The van der Waals surface area contributed by atoms with E-state index in [0.29, 0.717) is 6.54 Å². The summed E-state index contributed by atoms with van der Waals surface area (Å²) in [5.74, 6) is -1.49. The zero-order valence-corrected chi connectivity index (χ0v) is 8.93. The second-order valence-corrected chi connectivity index (χ2v) is 3.33. The van der Waals surface area contributed by atoms with Gasteiger partial charge in [0.05, 0.1) is 0 Å². The number of hydrogen-bond acceptors (Lipinski definition) is 2. The van der Waals surface area contributed by atoms with Crippen LogP contribution in [0.1, 0.15) is 12.5 Å². The van der Waals surface area contributed by atoms with E-state index in [1.54, 1.807) is 0 Å². The molecule has 0 saturated heterocycles. The van der Waals surface area contributed by atoms with Crippen molar-refractivity contribution >= 4 is 11.9 Å². The van der Waals surface area contributed by atoms with Crippen molar-refractivity contribution in [2.75, 3.05) is 0 Å². The Balaban J connectivity index is 2.51. The van der Waals surface area contributed by atoms with E-state index >= 15 is 0 Å². The first-order valence-electron chi connectivity index (χ1n) is 4.83. The van der Waals surface area contributed by atoms with Crippen LogP contribution in [0.15, 0.2) is 42.0 Å². The number of amides is 1. The van der Waals surface area contributed by atoms with Crippen molar-refractivity contribution in [1.29, 1.82) is 0 Å². The van der Waals surface area contributed by atoms with Crippen LogP contribution in [0.2, 0.25) is 0 Å². The summed E-state index contributed by atoms with van der Waals surface area (Å²) < 4.78 is 0. The van der Waals surface area contributed by atoms with Gasteiger partial charge in [-0.05, 0) is 12.5 Å². The van der Waals surface area contributed by atoms with Gasteiger partial charge in [0, 0.05) is 18.2 Å². The molecule has 0 saturated carbocycles. The summed E-state index contributed by atoms with van der Waals surface area (Å²) in [6.07, 6.45) is 0.889. The smallest absolute Gasteiger partial charge is 0.328 e. The van der Waals surface area contributed by atoms with Crippen LogP contribution in [0.4, 0.5) is 0 Å². The Morgan fingerprint density at radius 1 is 1.31 bits per heavy atom. The number of aliphatic carboxylic acids is 1. The van der Waals surface area contributed by atoms with Gasteiger partial charge < -0.3 is 10.4 Å². The van der Waals surface area contributed by atoms with Gasteiger partial charge in [-0.2, -0.15) is 0 Å². The molecule has 16 heavy (non-hydrogen) atoms. The number of hydrogen-bond donors (Lipinski definition) is 2. The topological polar surface area (TPSA) is 66.4 Å². The molecule has 1 aromatic rings. The minimum absolute atomic E-state index is 0.184. The van der Waals surface area contributed by atoms with E-state index in [2.05, 4.69) is 5.32 Å². The fourth-order valence-corrected chi connectivity index (χ4v) is 1.17. The third-order valence-electron chi connectivity index (χ3n) is 1.99. The molecule has 0 aliphatic rings. The summed E-state index contributed by atoms with van der Waals surface area (Å²) in [4.78, 5) is 21.7. The van der Waals surface area contributed by atoms with Crippen LogP contribution in [0.25, 0.3) is 0 Å². The highest BCUT2D eigenvalue weighted by atomic mass is 16.4. The van der Waals surface area contributed by atoms with Crippen molar-refractivity contribution in [2.45, 2.75) is 13.5 Å². The molecule has 0 radical (unpaired) electrons. The molecule has 0 unspecified atom stereocenters. The maximum atomic E-state index is 11.4. The Bertz CT molecular complexity index is 410. The molecule has 0 aromatic heterocycles. The summed E-state index contributed by atoms with van der Waals surface area (Å²) in [5, 5.41) is 11.1. The number of carbonyl (C=O) groups is 2. The Morgan fingerprint density at radius 3 is 2.50 bits per heavy atom. The van der Waals surface area contributed by atoms with E-state index < -0.39 is 5.97 Å². The number of carbonyl (C=O) groups excluding carboxylic acids is 1. The quantitative estimate of drug-likeness (QED) is 0.751. The van der Waals surface area contributed by atoms with Crippen molar-refractivity contribution in [3.8, 4) is 0 Å². The van der Waals surface area contributed by atoms with E-state index in [-0.39, 0.29) is 11.5 Å². The van der Waals surface area contributed by atoms with Gasteiger partial charge in [-0.1, -0.05) is 30.3 Å². The van der Waals surface area contributed by atoms with Crippen LogP contribution < -0.4 is 5.32 Å². The number of rotatable bonds is 4. The van der Waals surface area contributed by atoms with Crippen LogP contribution in [0.3, 0.4) is 0 Å². The van der Waals surface area contributed by atoms with Crippen molar-refractivity contribution in [3.63, 3.8) is 0 Å². The highest BCUT2D eigenvalue weighted by Gasteiger charge is 2.05. The molecule has 1 aromatic carbocycles. The van der Waals surface area contributed by atoms with Crippen molar-refractivity contribution < 1.29 is 14.7 Å². The summed E-state index contributed by atoms with van der Waals surface area (Å²) >= 11 is 0. The third kappa shape index (κ3) is 3.96. The van der Waals surface area contributed by atoms with E-state index in [9.17, 15) is 9.59 Å². The number of benzene rings is 1. The standard InChI is InChI=1S/C12H13NO3/c1-9(7-11(14)15)12(16)13-8-10-5-3-2-4-6-10/h2-7H,8H2,1H3,(H,13,16)(H,14,15)/b9-7-. The van der Waals surface area contributed by atoms with Crippen LogP contribution in [0.5, 0.6) is 0 Å². The average molecular weight is 219 g/mol. The number of nitrogens with one attached hydrogen (secondary N) is 1. The monoisotopic (exact) mass is 219 g/mol. The molecule has 0 fully saturated rings. The average Bonchev–Trinajstić information content (AvgIpc) is 2.26. The minimum Gasteiger partial charge on any atom is -0.478 e. The lowest BCUT2D eigenvalue weighted by Gasteiger charge is -2.04. The lowest BCUT2D eigenvalue weighted by molar-refractivity contribution is -0.131. The molecule has 4 nitrogen and oxygen atoms in total. The van der Waals surface area contributed by atoms with Gasteiger partial charge in [0.1, 0.15) is 0 Å². The molecule has 84 valence electrons. The van der Waals surface area contributed by atoms with Crippen LogP contribution in [-0.4, -0.2) is 17.0 Å². The zero-order chi connectivity index (χ0) is 12.0. The van der Waals surface area contributed by atoms with E-state index in [4.69, 9.17) is 5.11 Å². The molecule has 0 aliphatic carbocycles. The zero-order valence-electron chi connectivity index (χ0n) is 8.93. The maximum Gasteiger partial charge on any atom is 0.328 e. The molecule has 0 heterocycles. The van der Waals surface area contributed by atoms with Gasteiger partial charge in [0.25, 0.3) is 0 Å². The molecular weight excluding hydrogens is 206 g/mol. The first-order chi connectivity index (χ1) is 7.59. The Morgan fingerprint density at radius 2 is 1.94 bits per heavy atom. The molecule has 0 bridgehead atoms. The summed E-state index contributed by atoms with van der Waals surface area (Å²) in [6.45, 7) is 1.86. The number of carboxylic acids is 1. The third-order valence-corrected chi connectivity index (χ3v) is 1.99. The molecule has 2 N–H and O–H groups in total. The van der Waals surface area contributed by atoms with Crippen LogP contribution in [-0.2, 0) is 16.1 Å². The fraction of sp³-hybridized carbons (Fsp3) is 0.167. The van der Waals surface area contributed by atoms with Gasteiger partial charge in [-0.15, -0.1) is 0 Å². The normalized spacial score (nSPS) is 10.9. The first-order valence-corrected chi connectivity index (χ1v) is 4.83. The lowest BCUT2D eigenvalue weighted by Crippen LogP contribution is -2.23. The second kappa shape index (κ2) is 5.70. The summed E-state index contributed by atoms with van der Waals surface area (Å²) in [7, 11) is 0.